The fraction of sp³-hybridized carbons (Fsp3) is 0.138. The molecule has 7 nitrogen and oxygen atoms in total. The number of hydrogen-bond acceptors (Lipinski definition) is 7. The van der Waals surface area contributed by atoms with Crippen molar-refractivity contribution in [1.82, 2.24) is 0 Å². The molecular weight excluding hydrogens is 460 g/mol. The normalized spacial score (nSPS) is 13.2. The van der Waals surface area contributed by atoms with E-state index in [1.165, 1.54) is 24.3 Å². The lowest BCUT2D eigenvalue weighted by Crippen LogP contribution is -2.22. The Morgan fingerprint density at radius 3 is 2.33 bits per heavy atom. The minimum absolute atomic E-state index is 0.0139. The van der Waals surface area contributed by atoms with Crippen molar-refractivity contribution in [1.29, 1.82) is 0 Å². The van der Waals surface area contributed by atoms with Crippen molar-refractivity contribution >= 4 is 28.3 Å². The summed E-state index contributed by atoms with van der Waals surface area (Å²) in [6.45, 7) is 2.00. The van der Waals surface area contributed by atoms with E-state index in [0.29, 0.717) is 0 Å². The number of esters is 1. The van der Waals surface area contributed by atoms with Crippen molar-refractivity contribution < 1.29 is 34.1 Å². The Kier molecular flexibility index (Phi) is 5.68. The summed E-state index contributed by atoms with van der Waals surface area (Å²) in [5.41, 5.74) is 0.428. The third-order valence-corrected chi connectivity index (χ3v) is 6.44. The van der Waals surface area contributed by atoms with Gasteiger partial charge >= 0.3 is 5.97 Å². The van der Waals surface area contributed by atoms with Gasteiger partial charge in [-0.1, -0.05) is 43.3 Å². The number of carbonyl (C=O) groups excluding carboxylic acids is 3. The van der Waals surface area contributed by atoms with Crippen LogP contribution >= 0.6 is 0 Å². The second-order valence-electron chi connectivity index (χ2n) is 8.75. The molecule has 7 heteroatoms. The highest BCUT2D eigenvalue weighted by Gasteiger charge is 2.35. The number of fused-ring (bicyclic) bond motifs is 3. The number of rotatable bonds is 5. The molecule has 1 aliphatic carbocycles. The van der Waals surface area contributed by atoms with Crippen LogP contribution in [0.3, 0.4) is 0 Å². The lowest BCUT2D eigenvalue weighted by atomic mass is 9.82. The second kappa shape index (κ2) is 8.85. The van der Waals surface area contributed by atoms with Gasteiger partial charge in [-0.15, -0.1) is 0 Å². The highest BCUT2D eigenvalue weighted by atomic mass is 16.5. The number of ketones is 2. The van der Waals surface area contributed by atoms with Gasteiger partial charge < -0.3 is 19.7 Å². The maximum atomic E-state index is 13.0. The Balaban J connectivity index is 1.36. The van der Waals surface area contributed by atoms with Crippen LogP contribution in [-0.4, -0.2) is 41.5 Å². The molecule has 0 aromatic heterocycles. The molecule has 4 aromatic rings. The quantitative estimate of drug-likeness (QED) is 0.339. The minimum atomic E-state index is -0.729. The van der Waals surface area contributed by atoms with Gasteiger partial charge in [-0.3, -0.25) is 9.59 Å². The summed E-state index contributed by atoms with van der Waals surface area (Å²) in [5.74, 6) is -2.20. The van der Waals surface area contributed by atoms with Crippen LogP contribution < -0.4 is 4.74 Å². The summed E-state index contributed by atoms with van der Waals surface area (Å²) in [6.07, 6.45) is 0. The number of aromatic hydroxyl groups is 2. The summed E-state index contributed by atoms with van der Waals surface area (Å²) in [6, 6.07) is 18.3. The Hall–Kier alpha value is -4.65. The summed E-state index contributed by atoms with van der Waals surface area (Å²) >= 11 is 0. The van der Waals surface area contributed by atoms with Gasteiger partial charge in [-0.2, -0.15) is 0 Å². The molecule has 1 unspecified atom stereocenters. The van der Waals surface area contributed by atoms with Crippen LogP contribution in [0, 0.1) is 0 Å². The molecule has 1 atom stereocenters. The molecule has 36 heavy (non-hydrogen) atoms. The van der Waals surface area contributed by atoms with Gasteiger partial charge in [0.05, 0.1) is 30.4 Å². The lowest BCUT2D eigenvalue weighted by molar-refractivity contribution is 0.0484. The van der Waals surface area contributed by atoms with E-state index in [4.69, 9.17) is 9.47 Å². The average Bonchev–Trinajstić information content (AvgIpc) is 2.88. The van der Waals surface area contributed by atoms with Crippen molar-refractivity contribution in [3.05, 3.63) is 100 Å². The number of carbonyl (C=O) groups is 3. The van der Waals surface area contributed by atoms with E-state index in [1.807, 2.05) is 43.3 Å². The van der Waals surface area contributed by atoms with E-state index in [0.717, 1.165) is 28.2 Å². The highest BCUT2D eigenvalue weighted by molar-refractivity contribution is 6.30. The maximum absolute atomic E-state index is 13.0. The average molecular weight is 482 g/mol. The van der Waals surface area contributed by atoms with Gasteiger partial charge in [0.25, 0.3) is 0 Å². The number of methoxy groups -OCH3 is 1. The molecule has 0 saturated carbocycles. The zero-order valence-electron chi connectivity index (χ0n) is 19.6. The van der Waals surface area contributed by atoms with Crippen molar-refractivity contribution in [3.63, 3.8) is 0 Å². The summed E-state index contributed by atoms with van der Waals surface area (Å²) in [5, 5.41) is 22.6. The number of ether oxygens (including phenoxy) is 2. The first-order chi connectivity index (χ1) is 17.3. The predicted octanol–water partition coefficient (Wildman–Crippen LogP) is 5.00. The van der Waals surface area contributed by atoms with Gasteiger partial charge in [0.15, 0.2) is 5.78 Å². The van der Waals surface area contributed by atoms with Crippen LogP contribution in [0.5, 0.6) is 17.2 Å². The van der Waals surface area contributed by atoms with Crippen LogP contribution in [0.4, 0.5) is 0 Å². The number of benzene rings is 4. The Morgan fingerprint density at radius 1 is 0.833 bits per heavy atom. The Morgan fingerprint density at radius 2 is 1.56 bits per heavy atom. The number of phenolic OH excluding ortho intramolecular Hbond substituents is 2. The SMILES string of the molecule is COc1ccc2cc(C(C)COC(=O)c3cc(O)c4c(c3)C(=O)c3cccc(O)c3C4=O)ccc2c1. The molecular formula is C29H22O7. The zero-order chi connectivity index (χ0) is 25.6. The third-order valence-electron chi connectivity index (χ3n) is 6.44. The van der Waals surface area contributed by atoms with E-state index in [1.54, 1.807) is 7.11 Å². The zero-order valence-corrected chi connectivity index (χ0v) is 19.6. The Bertz CT molecular complexity index is 1570. The molecule has 180 valence electrons. The van der Waals surface area contributed by atoms with Crippen molar-refractivity contribution in [2.75, 3.05) is 13.7 Å². The molecule has 5 rings (SSSR count). The van der Waals surface area contributed by atoms with Gasteiger partial charge in [-0.25, -0.2) is 4.79 Å². The van der Waals surface area contributed by atoms with Crippen molar-refractivity contribution in [3.8, 4) is 17.2 Å². The maximum Gasteiger partial charge on any atom is 0.338 e. The third kappa shape index (κ3) is 3.84. The van der Waals surface area contributed by atoms with Crippen molar-refractivity contribution in [2.45, 2.75) is 12.8 Å². The van der Waals surface area contributed by atoms with Gasteiger partial charge in [0.2, 0.25) is 5.78 Å². The van der Waals surface area contributed by atoms with E-state index >= 15 is 0 Å². The standard InChI is InChI=1S/C29H22O7/c1-15(16-6-7-18-11-20(35-2)9-8-17(18)10-16)14-36-29(34)19-12-22-26(24(31)13-19)28(33)25-21(27(22)32)4-3-5-23(25)30/h3-13,15,30-31H,14H2,1-2H3. The van der Waals surface area contributed by atoms with Crippen LogP contribution in [0.1, 0.15) is 60.6 Å². The van der Waals surface area contributed by atoms with E-state index in [-0.39, 0.29) is 46.1 Å². The monoisotopic (exact) mass is 482 g/mol. The molecule has 0 spiro atoms. The van der Waals surface area contributed by atoms with Gasteiger partial charge in [0, 0.05) is 17.0 Å². The molecule has 0 bridgehead atoms. The number of hydrogen-bond donors (Lipinski definition) is 2. The fourth-order valence-corrected chi connectivity index (χ4v) is 4.46. The van der Waals surface area contributed by atoms with E-state index < -0.39 is 23.3 Å². The molecule has 2 N–H and O–H groups in total. The number of phenols is 2. The smallest absolute Gasteiger partial charge is 0.338 e. The molecule has 0 radical (unpaired) electrons. The van der Waals surface area contributed by atoms with Crippen LogP contribution in [0.15, 0.2) is 66.7 Å². The predicted molar refractivity (Wildman–Crippen MR) is 132 cm³/mol. The van der Waals surface area contributed by atoms with Crippen LogP contribution in [0.25, 0.3) is 10.8 Å². The molecule has 1 aliphatic rings. The molecule has 0 aliphatic heterocycles. The summed E-state index contributed by atoms with van der Waals surface area (Å²) in [4.78, 5) is 38.7. The molecule has 0 saturated heterocycles. The van der Waals surface area contributed by atoms with Gasteiger partial charge in [-0.05, 0) is 46.7 Å². The van der Waals surface area contributed by atoms with E-state index in [2.05, 4.69) is 0 Å². The molecule has 0 fully saturated rings. The topological polar surface area (TPSA) is 110 Å². The summed E-state index contributed by atoms with van der Waals surface area (Å²) < 4.78 is 10.7. The van der Waals surface area contributed by atoms with Crippen LogP contribution in [0.2, 0.25) is 0 Å². The fourth-order valence-electron chi connectivity index (χ4n) is 4.46. The lowest BCUT2D eigenvalue weighted by Gasteiger charge is -2.20. The molecule has 0 heterocycles. The first-order valence-electron chi connectivity index (χ1n) is 11.3. The largest absolute Gasteiger partial charge is 0.507 e. The van der Waals surface area contributed by atoms with Crippen molar-refractivity contribution in [2.24, 2.45) is 0 Å². The van der Waals surface area contributed by atoms with Crippen LogP contribution in [-0.2, 0) is 4.74 Å². The summed E-state index contributed by atoms with van der Waals surface area (Å²) in [7, 11) is 1.62. The van der Waals surface area contributed by atoms with E-state index in [9.17, 15) is 24.6 Å². The molecule has 0 amide bonds. The first kappa shape index (κ1) is 23.1. The minimum Gasteiger partial charge on any atom is -0.507 e. The Labute approximate surface area is 206 Å². The first-order valence-corrected chi connectivity index (χ1v) is 11.3. The second-order valence-corrected chi connectivity index (χ2v) is 8.75. The highest BCUT2D eigenvalue weighted by Crippen LogP contribution is 2.37. The molecule has 4 aromatic carbocycles. The van der Waals surface area contributed by atoms with Gasteiger partial charge in [0.1, 0.15) is 17.2 Å².